The predicted octanol–water partition coefficient (Wildman–Crippen LogP) is 2.11. The number of carbonyl (C=O) groups excluding carboxylic acids is 1. The SMILES string of the molecule is CCCC(N=C=O)c1ccc(S(=O)(=O)O)cc1. The summed E-state index contributed by atoms with van der Waals surface area (Å²) >= 11 is 0. The normalized spacial score (nSPS) is 12.8. The van der Waals surface area contributed by atoms with E-state index in [1.807, 2.05) is 6.92 Å². The van der Waals surface area contributed by atoms with Gasteiger partial charge in [0.05, 0.1) is 10.9 Å². The molecular formula is C11H13NO4S. The first-order valence-corrected chi connectivity index (χ1v) is 6.57. The van der Waals surface area contributed by atoms with Gasteiger partial charge in [0.15, 0.2) is 0 Å². The topological polar surface area (TPSA) is 83.8 Å². The van der Waals surface area contributed by atoms with Gasteiger partial charge in [0.1, 0.15) is 0 Å². The third-order valence-corrected chi connectivity index (χ3v) is 3.20. The third-order valence-electron chi connectivity index (χ3n) is 2.33. The summed E-state index contributed by atoms with van der Waals surface area (Å²) in [6, 6.07) is 5.32. The van der Waals surface area contributed by atoms with Gasteiger partial charge in [-0.3, -0.25) is 4.55 Å². The zero-order chi connectivity index (χ0) is 12.9. The molecule has 0 heterocycles. The molecule has 6 heteroatoms. The molecule has 5 nitrogen and oxygen atoms in total. The first kappa shape index (κ1) is 13.6. The van der Waals surface area contributed by atoms with Crippen LogP contribution in [-0.4, -0.2) is 19.1 Å². The Hall–Kier alpha value is -1.49. The Morgan fingerprint density at radius 3 is 2.35 bits per heavy atom. The van der Waals surface area contributed by atoms with Crippen molar-refractivity contribution in [3.05, 3.63) is 29.8 Å². The lowest BCUT2D eigenvalue weighted by Crippen LogP contribution is -2.00. The molecule has 0 saturated carbocycles. The molecule has 0 aliphatic carbocycles. The number of hydrogen-bond donors (Lipinski definition) is 1. The molecule has 0 aliphatic heterocycles. The molecule has 0 aromatic heterocycles. The van der Waals surface area contributed by atoms with Gasteiger partial charge < -0.3 is 0 Å². The molecule has 0 saturated heterocycles. The molecule has 0 bridgehead atoms. The van der Waals surface area contributed by atoms with Crippen molar-refractivity contribution >= 4 is 16.2 Å². The number of rotatable bonds is 5. The number of aliphatic imine (C=N–C) groups is 1. The molecule has 1 aromatic rings. The van der Waals surface area contributed by atoms with Gasteiger partial charge in [0.25, 0.3) is 10.1 Å². The standard InChI is InChI=1S/C11H13NO4S/c1-2-3-11(12-8-13)9-4-6-10(7-5-9)17(14,15)16/h4-7,11H,2-3H2,1H3,(H,14,15,16). The Morgan fingerprint density at radius 1 is 1.35 bits per heavy atom. The highest BCUT2D eigenvalue weighted by Crippen LogP contribution is 2.23. The molecule has 1 aromatic carbocycles. The van der Waals surface area contributed by atoms with Crippen molar-refractivity contribution in [2.75, 3.05) is 0 Å². The lowest BCUT2D eigenvalue weighted by Gasteiger charge is -2.09. The predicted molar refractivity (Wildman–Crippen MR) is 62.0 cm³/mol. The highest BCUT2D eigenvalue weighted by molar-refractivity contribution is 7.85. The highest BCUT2D eigenvalue weighted by Gasteiger charge is 2.12. The first-order chi connectivity index (χ1) is 7.99. The fraction of sp³-hybridized carbons (Fsp3) is 0.364. The third kappa shape index (κ3) is 3.78. The summed E-state index contributed by atoms with van der Waals surface area (Å²) in [6.07, 6.45) is 3.03. The molecule has 1 unspecified atom stereocenters. The van der Waals surface area contributed by atoms with Gasteiger partial charge >= 0.3 is 0 Å². The van der Waals surface area contributed by atoms with Crippen LogP contribution in [0.15, 0.2) is 34.2 Å². The maximum atomic E-state index is 10.8. The molecule has 0 spiro atoms. The molecular weight excluding hydrogens is 242 g/mol. The minimum absolute atomic E-state index is 0.174. The Kier molecular flexibility index (Phi) is 4.57. The van der Waals surface area contributed by atoms with Gasteiger partial charge in [-0.25, -0.2) is 4.79 Å². The lowest BCUT2D eigenvalue weighted by atomic mass is 10.0. The summed E-state index contributed by atoms with van der Waals surface area (Å²) < 4.78 is 30.5. The van der Waals surface area contributed by atoms with Crippen molar-refractivity contribution in [3.8, 4) is 0 Å². The van der Waals surface area contributed by atoms with Crippen LogP contribution in [0.3, 0.4) is 0 Å². The summed E-state index contributed by atoms with van der Waals surface area (Å²) in [5.41, 5.74) is 0.725. The smallest absolute Gasteiger partial charge is 0.282 e. The van der Waals surface area contributed by atoms with Crippen molar-refractivity contribution < 1.29 is 17.8 Å². The van der Waals surface area contributed by atoms with Gasteiger partial charge in [-0.05, 0) is 24.1 Å². The Labute approximate surface area is 99.9 Å². The number of nitrogens with zero attached hydrogens (tertiary/aromatic N) is 1. The van der Waals surface area contributed by atoms with E-state index in [9.17, 15) is 13.2 Å². The van der Waals surface area contributed by atoms with E-state index in [1.165, 1.54) is 30.3 Å². The Balaban J connectivity index is 3.04. The van der Waals surface area contributed by atoms with E-state index in [4.69, 9.17) is 4.55 Å². The fourth-order valence-electron chi connectivity index (χ4n) is 1.50. The molecule has 1 N–H and O–H groups in total. The minimum atomic E-state index is -4.18. The zero-order valence-corrected chi connectivity index (χ0v) is 10.1. The van der Waals surface area contributed by atoms with E-state index in [-0.39, 0.29) is 10.9 Å². The largest absolute Gasteiger partial charge is 0.294 e. The summed E-state index contributed by atoms with van der Waals surface area (Å²) in [7, 11) is -4.18. The van der Waals surface area contributed by atoms with Crippen LogP contribution in [0.25, 0.3) is 0 Å². The summed E-state index contributed by atoms with van der Waals surface area (Å²) in [5, 5.41) is 0. The van der Waals surface area contributed by atoms with E-state index in [0.717, 1.165) is 12.0 Å². The number of hydrogen-bond acceptors (Lipinski definition) is 4. The molecule has 92 valence electrons. The minimum Gasteiger partial charge on any atom is -0.282 e. The van der Waals surface area contributed by atoms with E-state index in [2.05, 4.69) is 4.99 Å². The molecule has 0 radical (unpaired) electrons. The Bertz CT molecular complexity index is 515. The second-order valence-corrected chi connectivity index (χ2v) is 4.99. The second kappa shape index (κ2) is 5.72. The van der Waals surface area contributed by atoms with Crippen LogP contribution in [0.5, 0.6) is 0 Å². The zero-order valence-electron chi connectivity index (χ0n) is 9.33. The monoisotopic (exact) mass is 255 g/mol. The molecule has 1 atom stereocenters. The number of benzene rings is 1. The summed E-state index contributed by atoms with van der Waals surface area (Å²) in [4.78, 5) is 13.7. The summed E-state index contributed by atoms with van der Waals surface area (Å²) in [6.45, 7) is 1.96. The molecule has 0 amide bonds. The van der Waals surface area contributed by atoms with Gasteiger partial charge in [-0.2, -0.15) is 13.4 Å². The number of isocyanates is 1. The van der Waals surface area contributed by atoms with E-state index < -0.39 is 10.1 Å². The van der Waals surface area contributed by atoms with Crippen molar-refractivity contribution in [2.24, 2.45) is 4.99 Å². The van der Waals surface area contributed by atoms with Crippen molar-refractivity contribution in [3.63, 3.8) is 0 Å². The maximum absolute atomic E-state index is 10.8. The second-order valence-electron chi connectivity index (χ2n) is 3.57. The molecule has 0 aliphatic rings. The van der Waals surface area contributed by atoms with Crippen LogP contribution in [-0.2, 0) is 14.9 Å². The van der Waals surface area contributed by atoms with Crippen molar-refractivity contribution in [1.29, 1.82) is 0 Å². The van der Waals surface area contributed by atoms with Crippen LogP contribution in [0.1, 0.15) is 31.4 Å². The van der Waals surface area contributed by atoms with Gasteiger partial charge in [0, 0.05) is 0 Å². The van der Waals surface area contributed by atoms with Gasteiger partial charge in [0.2, 0.25) is 6.08 Å². The average Bonchev–Trinajstić information content (AvgIpc) is 2.28. The van der Waals surface area contributed by atoms with Crippen LogP contribution >= 0.6 is 0 Å². The average molecular weight is 255 g/mol. The van der Waals surface area contributed by atoms with Crippen LogP contribution in [0, 0.1) is 0 Å². The molecule has 1 rings (SSSR count). The van der Waals surface area contributed by atoms with E-state index in [0.29, 0.717) is 6.42 Å². The van der Waals surface area contributed by atoms with E-state index >= 15 is 0 Å². The molecule has 17 heavy (non-hydrogen) atoms. The molecule has 0 fully saturated rings. The maximum Gasteiger partial charge on any atom is 0.294 e. The van der Waals surface area contributed by atoms with Gasteiger partial charge in [-0.1, -0.05) is 25.5 Å². The van der Waals surface area contributed by atoms with Crippen LogP contribution in [0.4, 0.5) is 0 Å². The fourth-order valence-corrected chi connectivity index (χ4v) is 1.98. The van der Waals surface area contributed by atoms with Crippen molar-refractivity contribution in [1.82, 2.24) is 0 Å². The van der Waals surface area contributed by atoms with Crippen molar-refractivity contribution in [2.45, 2.75) is 30.7 Å². The van der Waals surface area contributed by atoms with E-state index in [1.54, 1.807) is 0 Å². The highest BCUT2D eigenvalue weighted by atomic mass is 32.2. The van der Waals surface area contributed by atoms with Crippen LogP contribution in [0.2, 0.25) is 0 Å². The quantitative estimate of drug-likeness (QED) is 0.496. The van der Waals surface area contributed by atoms with Crippen LogP contribution < -0.4 is 0 Å². The van der Waals surface area contributed by atoms with Gasteiger partial charge in [-0.15, -0.1) is 0 Å². The lowest BCUT2D eigenvalue weighted by molar-refractivity contribution is 0.483. The first-order valence-electron chi connectivity index (χ1n) is 5.13. The summed E-state index contributed by atoms with van der Waals surface area (Å²) in [5.74, 6) is 0. The Morgan fingerprint density at radius 2 is 1.94 bits per heavy atom.